The van der Waals surface area contributed by atoms with Crippen molar-refractivity contribution >= 4 is 14.1 Å². The van der Waals surface area contributed by atoms with Crippen molar-refractivity contribution in [2.75, 3.05) is 0 Å². The summed E-state index contributed by atoms with van der Waals surface area (Å²) in [6, 6.07) is 7.49. The SMILES string of the molecule is CC(C)Oc1ccc(PO)cc1. The van der Waals surface area contributed by atoms with E-state index in [1.165, 1.54) is 0 Å². The zero-order valence-corrected chi connectivity index (χ0v) is 8.24. The molecule has 1 aromatic carbocycles. The molecule has 1 rings (SSSR count). The summed E-state index contributed by atoms with van der Waals surface area (Å²) >= 11 is 0. The molecule has 66 valence electrons. The van der Waals surface area contributed by atoms with Crippen LogP contribution < -0.4 is 10.0 Å². The van der Waals surface area contributed by atoms with E-state index in [9.17, 15) is 0 Å². The lowest BCUT2D eigenvalue weighted by Crippen LogP contribution is -2.06. The molecular formula is C9H13O2P. The van der Waals surface area contributed by atoms with Crippen molar-refractivity contribution in [2.24, 2.45) is 0 Å². The molecule has 0 aliphatic heterocycles. The minimum absolute atomic E-state index is 0.133. The Morgan fingerprint density at radius 1 is 1.25 bits per heavy atom. The molecule has 0 spiro atoms. The number of hydrogen-bond acceptors (Lipinski definition) is 2. The largest absolute Gasteiger partial charge is 0.491 e. The lowest BCUT2D eigenvalue weighted by atomic mass is 10.3. The van der Waals surface area contributed by atoms with Crippen LogP contribution in [0.5, 0.6) is 5.75 Å². The van der Waals surface area contributed by atoms with Gasteiger partial charge in [0.2, 0.25) is 0 Å². The van der Waals surface area contributed by atoms with E-state index in [0.717, 1.165) is 11.1 Å². The third kappa shape index (κ3) is 2.80. The molecule has 0 saturated carbocycles. The minimum atomic E-state index is -0.133. The van der Waals surface area contributed by atoms with E-state index in [2.05, 4.69) is 0 Å². The van der Waals surface area contributed by atoms with Crippen LogP contribution in [0.4, 0.5) is 0 Å². The fourth-order valence-corrected chi connectivity index (χ4v) is 1.20. The van der Waals surface area contributed by atoms with Crippen molar-refractivity contribution in [3.63, 3.8) is 0 Å². The maximum Gasteiger partial charge on any atom is 0.119 e. The van der Waals surface area contributed by atoms with Crippen molar-refractivity contribution < 1.29 is 9.63 Å². The van der Waals surface area contributed by atoms with Gasteiger partial charge in [0.25, 0.3) is 0 Å². The third-order valence-electron chi connectivity index (χ3n) is 1.36. The van der Waals surface area contributed by atoms with Crippen molar-refractivity contribution in [3.8, 4) is 5.75 Å². The van der Waals surface area contributed by atoms with E-state index in [1.54, 1.807) is 0 Å². The summed E-state index contributed by atoms with van der Waals surface area (Å²) in [5, 5.41) is 0.936. The van der Waals surface area contributed by atoms with Crippen LogP contribution in [-0.2, 0) is 0 Å². The number of rotatable bonds is 3. The molecule has 1 aromatic rings. The van der Waals surface area contributed by atoms with Gasteiger partial charge in [0.05, 0.1) is 6.10 Å². The molecule has 0 bridgehead atoms. The Kier molecular flexibility index (Phi) is 3.51. The van der Waals surface area contributed by atoms with Gasteiger partial charge in [-0.25, -0.2) is 0 Å². The van der Waals surface area contributed by atoms with Gasteiger partial charge in [0.15, 0.2) is 0 Å². The quantitative estimate of drug-likeness (QED) is 0.724. The van der Waals surface area contributed by atoms with Crippen LogP contribution in [0.25, 0.3) is 0 Å². The molecule has 12 heavy (non-hydrogen) atoms. The summed E-state index contributed by atoms with van der Waals surface area (Å²) in [6.07, 6.45) is 0.201. The molecule has 0 amide bonds. The van der Waals surface area contributed by atoms with Crippen LogP contribution in [0.15, 0.2) is 24.3 Å². The Morgan fingerprint density at radius 2 is 1.83 bits per heavy atom. The maximum atomic E-state index is 8.80. The zero-order chi connectivity index (χ0) is 8.97. The first-order valence-electron chi connectivity index (χ1n) is 3.89. The lowest BCUT2D eigenvalue weighted by molar-refractivity contribution is 0.242. The molecule has 0 fully saturated rings. The second kappa shape index (κ2) is 4.44. The Labute approximate surface area is 74.4 Å². The first-order chi connectivity index (χ1) is 5.72. The van der Waals surface area contributed by atoms with Crippen LogP contribution in [0.1, 0.15) is 13.8 Å². The van der Waals surface area contributed by atoms with E-state index in [4.69, 9.17) is 9.63 Å². The van der Waals surface area contributed by atoms with Crippen LogP contribution in [0.3, 0.4) is 0 Å². The standard InChI is InChI=1S/C9H13O2P/c1-7(2)11-8-3-5-9(12-10)6-4-8/h3-7,10,12H,1-2H3. The number of hydrogen-bond donors (Lipinski definition) is 1. The average molecular weight is 184 g/mol. The monoisotopic (exact) mass is 184 g/mol. The van der Waals surface area contributed by atoms with Crippen LogP contribution in [-0.4, -0.2) is 11.0 Å². The van der Waals surface area contributed by atoms with Gasteiger partial charge in [-0.3, -0.25) is 0 Å². The van der Waals surface area contributed by atoms with E-state index in [-0.39, 0.29) is 14.9 Å². The van der Waals surface area contributed by atoms with Crippen molar-refractivity contribution in [1.29, 1.82) is 0 Å². The van der Waals surface area contributed by atoms with Gasteiger partial charge in [-0.2, -0.15) is 0 Å². The molecule has 0 aliphatic rings. The van der Waals surface area contributed by atoms with Crippen LogP contribution in [0, 0.1) is 0 Å². The third-order valence-corrected chi connectivity index (χ3v) is 1.95. The predicted molar refractivity (Wildman–Crippen MR) is 52.4 cm³/mol. The van der Waals surface area contributed by atoms with Crippen molar-refractivity contribution in [3.05, 3.63) is 24.3 Å². The summed E-state index contributed by atoms with van der Waals surface area (Å²) in [5.74, 6) is 0.854. The molecule has 0 heterocycles. The van der Waals surface area contributed by atoms with E-state index >= 15 is 0 Å². The number of ether oxygens (including phenoxy) is 1. The highest BCUT2D eigenvalue weighted by molar-refractivity contribution is 7.40. The van der Waals surface area contributed by atoms with Gasteiger partial charge < -0.3 is 9.63 Å². The van der Waals surface area contributed by atoms with Gasteiger partial charge in [-0.1, -0.05) is 0 Å². The second-order valence-corrected chi connectivity index (χ2v) is 3.60. The Bertz CT molecular complexity index is 231. The maximum absolute atomic E-state index is 8.80. The minimum Gasteiger partial charge on any atom is -0.491 e. The molecule has 0 radical (unpaired) electrons. The average Bonchev–Trinajstić information content (AvgIpc) is 2.05. The molecule has 1 atom stereocenters. The normalized spacial score (nSPS) is 11.3. The first kappa shape index (κ1) is 9.50. The Morgan fingerprint density at radius 3 is 2.25 bits per heavy atom. The molecule has 0 aliphatic carbocycles. The van der Waals surface area contributed by atoms with Gasteiger partial charge in [0.1, 0.15) is 5.75 Å². The topological polar surface area (TPSA) is 29.5 Å². The summed E-state index contributed by atoms with van der Waals surface area (Å²) in [6.45, 7) is 3.98. The van der Waals surface area contributed by atoms with Gasteiger partial charge in [-0.05, 0) is 43.4 Å². The van der Waals surface area contributed by atoms with E-state index < -0.39 is 0 Å². The molecule has 1 unspecified atom stereocenters. The first-order valence-corrected chi connectivity index (χ1v) is 4.84. The molecular weight excluding hydrogens is 171 g/mol. The molecule has 0 aromatic heterocycles. The molecule has 2 nitrogen and oxygen atoms in total. The van der Waals surface area contributed by atoms with Crippen molar-refractivity contribution in [2.45, 2.75) is 20.0 Å². The van der Waals surface area contributed by atoms with Gasteiger partial charge in [0, 0.05) is 8.81 Å². The number of benzene rings is 1. The second-order valence-electron chi connectivity index (χ2n) is 2.80. The highest BCUT2D eigenvalue weighted by Gasteiger charge is 1.96. The van der Waals surface area contributed by atoms with Crippen LogP contribution >= 0.6 is 8.81 Å². The van der Waals surface area contributed by atoms with Gasteiger partial charge in [-0.15, -0.1) is 0 Å². The summed E-state index contributed by atoms with van der Waals surface area (Å²) < 4.78 is 5.44. The zero-order valence-electron chi connectivity index (χ0n) is 7.24. The van der Waals surface area contributed by atoms with Crippen molar-refractivity contribution in [1.82, 2.24) is 0 Å². The smallest absolute Gasteiger partial charge is 0.119 e. The fourth-order valence-electron chi connectivity index (χ4n) is 0.880. The highest BCUT2D eigenvalue weighted by Crippen LogP contribution is 2.12. The lowest BCUT2D eigenvalue weighted by Gasteiger charge is -2.09. The molecule has 1 N–H and O–H groups in total. The van der Waals surface area contributed by atoms with Crippen LogP contribution in [0.2, 0.25) is 0 Å². The predicted octanol–water partition coefficient (Wildman–Crippen LogP) is 1.68. The molecule has 3 heteroatoms. The molecule has 0 saturated heterocycles. The van der Waals surface area contributed by atoms with E-state index in [0.29, 0.717) is 0 Å². The summed E-state index contributed by atoms with van der Waals surface area (Å²) in [7, 11) is -0.133. The Balaban J connectivity index is 2.65. The summed E-state index contributed by atoms with van der Waals surface area (Å²) in [4.78, 5) is 8.80. The van der Waals surface area contributed by atoms with E-state index in [1.807, 2.05) is 38.1 Å². The summed E-state index contributed by atoms with van der Waals surface area (Å²) in [5.41, 5.74) is 0. The fraction of sp³-hybridized carbons (Fsp3) is 0.333. The van der Waals surface area contributed by atoms with Gasteiger partial charge >= 0.3 is 0 Å². The Hall–Kier alpha value is -0.590. The highest BCUT2D eigenvalue weighted by atomic mass is 31.1.